The molecule has 0 saturated carbocycles. The minimum Gasteiger partial charge on any atom is -0.493 e. The van der Waals surface area contributed by atoms with Crippen LogP contribution in [0.5, 0.6) is 11.5 Å². The van der Waals surface area contributed by atoms with Crippen molar-refractivity contribution in [2.24, 2.45) is 0 Å². The minimum atomic E-state index is -0.605. The van der Waals surface area contributed by atoms with Crippen LogP contribution in [0.25, 0.3) is 11.1 Å². The number of aromatic nitrogens is 1. The molecule has 0 amide bonds. The van der Waals surface area contributed by atoms with Crippen molar-refractivity contribution in [3.05, 3.63) is 83.4 Å². The Labute approximate surface area is 197 Å². The van der Waals surface area contributed by atoms with Crippen molar-refractivity contribution in [3.63, 3.8) is 0 Å². The summed E-state index contributed by atoms with van der Waals surface area (Å²) in [4.78, 5) is 19.5. The lowest BCUT2D eigenvalue weighted by Gasteiger charge is -2.35. The fourth-order valence-corrected chi connectivity index (χ4v) is 4.30. The van der Waals surface area contributed by atoms with Crippen LogP contribution in [-0.4, -0.2) is 30.7 Å². The zero-order valence-electron chi connectivity index (χ0n) is 19.2. The molecule has 1 aromatic heterocycles. The van der Waals surface area contributed by atoms with Crippen molar-refractivity contribution < 1.29 is 23.4 Å². The number of ether oxygens (including phenoxy) is 3. The smallest absolute Gasteiger partial charge is 0.329 e. The third kappa shape index (κ3) is 4.17. The van der Waals surface area contributed by atoms with Crippen LogP contribution in [0.4, 0.5) is 6.01 Å². The lowest BCUT2D eigenvalue weighted by Crippen LogP contribution is -2.47. The molecule has 1 aliphatic rings. The van der Waals surface area contributed by atoms with Crippen molar-refractivity contribution in [1.29, 1.82) is 0 Å². The number of benzene rings is 3. The lowest BCUT2D eigenvalue weighted by molar-refractivity contribution is -0.145. The topological polar surface area (TPSA) is 74.0 Å². The molecule has 1 aliphatic heterocycles. The van der Waals surface area contributed by atoms with Gasteiger partial charge in [0.2, 0.25) is 0 Å². The molecule has 7 nitrogen and oxygen atoms in total. The van der Waals surface area contributed by atoms with Crippen LogP contribution in [-0.2, 0) is 29.1 Å². The second-order valence-electron chi connectivity index (χ2n) is 8.07. The van der Waals surface area contributed by atoms with Gasteiger partial charge in [0, 0.05) is 18.5 Å². The third-order valence-corrected chi connectivity index (χ3v) is 5.97. The summed E-state index contributed by atoms with van der Waals surface area (Å²) in [6, 6.07) is 21.2. The van der Waals surface area contributed by atoms with Crippen LogP contribution < -0.4 is 14.4 Å². The number of para-hydroxylation sites is 2. The third-order valence-electron chi connectivity index (χ3n) is 5.97. The van der Waals surface area contributed by atoms with E-state index < -0.39 is 6.04 Å². The Morgan fingerprint density at radius 2 is 1.88 bits per heavy atom. The largest absolute Gasteiger partial charge is 0.493 e. The van der Waals surface area contributed by atoms with E-state index in [1.807, 2.05) is 71.6 Å². The molecule has 2 heterocycles. The summed E-state index contributed by atoms with van der Waals surface area (Å²) < 4.78 is 23.3. The maximum atomic E-state index is 13.0. The van der Waals surface area contributed by atoms with Gasteiger partial charge < -0.3 is 23.5 Å². The highest BCUT2D eigenvalue weighted by Crippen LogP contribution is 2.40. The summed E-state index contributed by atoms with van der Waals surface area (Å²) >= 11 is 0. The number of esters is 1. The van der Waals surface area contributed by atoms with E-state index in [2.05, 4.69) is 4.98 Å². The van der Waals surface area contributed by atoms with Crippen LogP contribution in [0.2, 0.25) is 0 Å². The minimum absolute atomic E-state index is 0.291. The highest BCUT2D eigenvalue weighted by Gasteiger charge is 2.37. The number of rotatable bonds is 7. The van der Waals surface area contributed by atoms with Crippen molar-refractivity contribution in [3.8, 4) is 11.5 Å². The summed E-state index contributed by atoms with van der Waals surface area (Å²) in [6.07, 6.45) is 0.383. The Morgan fingerprint density at radius 3 is 2.65 bits per heavy atom. The number of fused-ring (bicyclic) bond motifs is 2. The monoisotopic (exact) mass is 458 g/mol. The van der Waals surface area contributed by atoms with Gasteiger partial charge in [-0.15, -0.1) is 0 Å². The summed E-state index contributed by atoms with van der Waals surface area (Å²) in [7, 11) is 1.62. The van der Waals surface area contributed by atoms with Crippen molar-refractivity contribution >= 4 is 23.1 Å². The van der Waals surface area contributed by atoms with Gasteiger partial charge in [-0.1, -0.05) is 48.5 Å². The quantitative estimate of drug-likeness (QED) is 0.364. The van der Waals surface area contributed by atoms with Crippen molar-refractivity contribution in [1.82, 2.24) is 4.98 Å². The number of carbonyl (C=O) groups excluding carboxylic acids is 1. The zero-order valence-corrected chi connectivity index (χ0v) is 19.2. The van der Waals surface area contributed by atoms with E-state index in [9.17, 15) is 4.79 Å². The molecule has 0 spiro atoms. The van der Waals surface area contributed by atoms with E-state index in [0.29, 0.717) is 49.3 Å². The Morgan fingerprint density at radius 1 is 1.09 bits per heavy atom. The van der Waals surface area contributed by atoms with E-state index in [1.54, 1.807) is 14.0 Å². The molecule has 174 valence electrons. The molecule has 4 aromatic rings. The molecule has 3 aromatic carbocycles. The maximum absolute atomic E-state index is 13.0. The summed E-state index contributed by atoms with van der Waals surface area (Å²) in [5.41, 5.74) is 4.42. The van der Waals surface area contributed by atoms with Crippen LogP contribution in [0.15, 0.2) is 71.1 Å². The Kier molecular flexibility index (Phi) is 6.08. The first kappa shape index (κ1) is 21.8. The molecule has 0 aliphatic carbocycles. The van der Waals surface area contributed by atoms with Gasteiger partial charge in [0.25, 0.3) is 6.01 Å². The number of oxazole rings is 1. The summed E-state index contributed by atoms with van der Waals surface area (Å²) in [6.45, 7) is 2.92. The first-order valence-corrected chi connectivity index (χ1v) is 11.3. The number of anilines is 1. The molecule has 34 heavy (non-hydrogen) atoms. The molecule has 1 unspecified atom stereocenters. The standard InChI is InChI=1S/C27H26N2O5/c1-3-32-26(30)22-15-20-19(16-29(22)27-28-21-11-7-8-12-23(21)34-27)13-14-24(31-2)25(20)33-17-18-9-5-4-6-10-18/h4-14,22H,3,15-17H2,1-2H3. The van der Waals surface area contributed by atoms with Gasteiger partial charge in [0.15, 0.2) is 17.1 Å². The molecule has 0 fully saturated rings. The molecule has 5 rings (SSSR count). The molecule has 7 heteroatoms. The van der Waals surface area contributed by atoms with Gasteiger partial charge in [-0.25, -0.2) is 4.79 Å². The van der Waals surface area contributed by atoms with Crippen LogP contribution in [0, 0.1) is 0 Å². The normalized spacial score (nSPS) is 15.1. The van der Waals surface area contributed by atoms with Gasteiger partial charge in [-0.05, 0) is 36.2 Å². The number of hydrogen-bond acceptors (Lipinski definition) is 7. The van der Waals surface area contributed by atoms with E-state index in [1.165, 1.54) is 0 Å². The van der Waals surface area contributed by atoms with Crippen LogP contribution in [0.1, 0.15) is 23.6 Å². The predicted octanol–water partition coefficient (Wildman–Crippen LogP) is 4.91. The fourth-order valence-electron chi connectivity index (χ4n) is 4.30. The average molecular weight is 459 g/mol. The van der Waals surface area contributed by atoms with Gasteiger partial charge in [0.05, 0.1) is 13.7 Å². The van der Waals surface area contributed by atoms with Gasteiger partial charge in [0.1, 0.15) is 18.2 Å². The van der Waals surface area contributed by atoms with E-state index in [4.69, 9.17) is 18.6 Å². The maximum Gasteiger partial charge on any atom is 0.329 e. The molecule has 0 N–H and O–H groups in total. The SMILES string of the molecule is CCOC(=O)C1Cc2c(ccc(OC)c2OCc2ccccc2)CN1c1nc2ccccc2o1. The van der Waals surface area contributed by atoms with E-state index in [-0.39, 0.29) is 5.97 Å². The van der Waals surface area contributed by atoms with Crippen molar-refractivity contribution in [2.45, 2.75) is 32.5 Å². The van der Waals surface area contributed by atoms with Gasteiger partial charge >= 0.3 is 5.97 Å². The molecule has 0 bridgehead atoms. The fraction of sp³-hybridized carbons (Fsp3) is 0.259. The van der Waals surface area contributed by atoms with Crippen LogP contribution in [0.3, 0.4) is 0 Å². The Hall–Kier alpha value is -4.00. The second kappa shape index (κ2) is 9.47. The number of hydrogen-bond donors (Lipinski definition) is 0. The average Bonchev–Trinajstić information content (AvgIpc) is 3.31. The van der Waals surface area contributed by atoms with Crippen LogP contribution >= 0.6 is 0 Å². The van der Waals surface area contributed by atoms with Gasteiger partial charge in [-0.3, -0.25) is 0 Å². The van der Waals surface area contributed by atoms with Gasteiger partial charge in [-0.2, -0.15) is 4.98 Å². The highest BCUT2D eigenvalue weighted by molar-refractivity contribution is 5.82. The predicted molar refractivity (Wildman–Crippen MR) is 128 cm³/mol. The highest BCUT2D eigenvalue weighted by atomic mass is 16.5. The second-order valence-corrected chi connectivity index (χ2v) is 8.07. The number of carbonyl (C=O) groups is 1. The Balaban J connectivity index is 1.53. The molecule has 0 saturated heterocycles. The molecule has 0 radical (unpaired) electrons. The Bertz CT molecular complexity index is 1270. The summed E-state index contributed by atoms with van der Waals surface area (Å²) in [5, 5.41) is 0. The number of methoxy groups -OCH3 is 1. The lowest BCUT2D eigenvalue weighted by atomic mass is 9.92. The van der Waals surface area contributed by atoms with Crippen molar-refractivity contribution in [2.75, 3.05) is 18.6 Å². The first-order chi connectivity index (χ1) is 16.7. The zero-order chi connectivity index (χ0) is 23.5. The molecular weight excluding hydrogens is 432 g/mol. The van der Waals surface area contributed by atoms with E-state index in [0.717, 1.165) is 22.2 Å². The first-order valence-electron chi connectivity index (χ1n) is 11.3. The molecule has 1 atom stereocenters. The number of nitrogens with zero attached hydrogens (tertiary/aromatic N) is 2. The van der Waals surface area contributed by atoms with E-state index >= 15 is 0 Å². The molecular formula is C27H26N2O5. The summed E-state index contributed by atoms with van der Waals surface area (Å²) in [5.74, 6) is 0.954.